The van der Waals surface area contributed by atoms with Gasteiger partial charge in [0.25, 0.3) is 11.8 Å². The average Bonchev–Trinajstić information content (AvgIpc) is 2.67. The molecule has 1 aliphatic rings. The molecule has 1 unspecified atom stereocenters. The van der Waals surface area contributed by atoms with Gasteiger partial charge in [0.15, 0.2) is 6.10 Å². The van der Waals surface area contributed by atoms with E-state index in [-0.39, 0.29) is 11.8 Å². The number of fused-ring (bicyclic) bond motifs is 1. The summed E-state index contributed by atoms with van der Waals surface area (Å²) in [6.07, 6.45) is 2.60. The van der Waals surface area contributed by atoms with Gasteiger partial charge in [0.1, 0.15) is 5.75 Å². The summed E-state index contributed by atoms with van der Waals surface area (Å²) < 4.78 is 5.75. The van der Waals surface area contributed by atoms with Crippen LogP contribution in [-0.2, 0) is 4.79 Å². The third-order valence-corrected chi connectivity index (χ3v) is 5.18. The van der Waals surface area contributed by atoms with Crippen LogP contribution >= 0.6 is 0 Å². The SMILES string of the molecule is CCCCCN1C(=O)C(C)Oc2ccc(NC(=O)c3ccc(C)c(C)c3)cc21. The van der Waals surface area contributed by atoms with Gasteiger partial charge in [-0.05, 0) is 68.7 Å². The summed E-state index contributed by atoms with van der Waals surface area (Å²) in [5.74, 6) is 0.464. The van der Waals surface area contributed by atoms with E-state index in [1.165, 1.54) is 0 Å². The summed E-state index contributed by atoms with van der Waals surface area (Å²) in [6.45, 7) is 8.57. The fourth-order valence-corrected chi connectivity index (χ4v) is 3.32. The quantitative estimate of drug-likeness (QED) is 0.728. The summed E-state index contributed by atoms with van der Waals surface area (Å²) >= 11 is 0. The van der Waals surface area contributed by atoms with Crippen molar-refractivity contribution in [1.82, 2.24) is 0 Å². The van der Waals surface area contributed by atoms with E-state index < -0.39 is 6.10 Å². The molecule has 2 aromatic rings. The van der Waals surface area contributed by atoms with Crippen LogP contribution in [0.2, 0.25) is 0 Å². The van der Waals surface area contributed by atoms with Crippen LogP contribution in [0.4, 0.5) is 11.4 Å². The molecule has 0 aromatic heterocycles. The second kappa shape index (κ2) is 8.46. The van der Waals surface area contributed by atoms with Crippen molar-refractivity contribution in [1.29, 1.82) is 0 Å². The van der Waals surface area contributed by atoms with Gasteiger partial charge in [0.2, 0.25) is 0 Å². The maximum absolute atomic E-state index is 12.6. The van der Waals surface area contributed by atoms with E-state index in [0.717, 1.165) is 36.1 Å². The molecule has 0 bridgehead atoms. The molecule has 0 spiro atoms. The lowest BCUT2D eigenvalue weighted by Gasteiger charge is -2.33. The first-order chi connectivity index (χ1) is 13.4. The minimum Gasteiger partial charge on any atom is -0.479 e. The van der Waals surface area contributed by atoms with Crippen LogP contribution in [0.15, 0.2) is 36.4 Å². The Morgan fingerprint density at radius 2 is 1.89 bits per heavy atom. The van der Waals surface area contributed by atoms with Crippen molar-refractivity contribution in [3.8, 4) is 5.75 Å². The Morgan fingerprint density at radius 3 is 2.61 bits per heavy atom. The molecule has 1 atom stereocenters. The highest BCUT2D eigenvalue weighted by Gasteiger charge is 2.31. The second-order valence-electron chi connectivity index (χ2n) is 7.39. The fraction of sp³-hybridized carbons (Fsp3) is 0.391. The normalized spacial score (nSPS) is 15.8. The van der Waals surface area contributed by atoms with Gasteiger partial charge in [-0.15, -0.1) is 0 Å². The van der Waals surface area contributed by atoms with E-state index >= 15 is 0 Å². The highest BCUT2D eigenvalue weighted by Crippen LogP contribution is 2.36. The van der Waals surface area contributed by atoms with E-state index in [0.29, 0.717) is 23.5 Å². The molecule has 1 aliphatic heterocycles. The zero-order valence-electron chi connectivity index (χ0n) is 17.0. The Bertz CT molecular complexity index is 891. The number of carbonyl (C=O) groups excluding carboxylic acids is 2. The Morgan fingerprint density at radius 1 is 1.11 bits per heavy atom. The fourth-order valence-electron chi connectivity index (χ4n) is 3.32. The molecular weight excluding hydrogens is 352 g/mol. The minimum absolute atomic E-state index is 0.0405. The Balaban J connectivity index is 1.83. The smallest absolute Gasteiger partial charge is 0.267 e. The molecule has 2 amide bonds. The minimum atomic E-state index is -0.495. The predicted octanol–water partition coefficient (Wildman–Crippen LogP) is 4.86. The molecule has 1 heterocycles. The van der Waals surface area contributed by atoms with Crippen molar-refractivity contribution in [2.24, 2.45) is 0 Å². The first kappa shape index (κ1) is 19.9. The van der Waals surface area contributed by atoms with Crippen molar-refractivity contribution in [3.63, 3.8) is 0 Å². The lowest BCUT2D eigenvalue weighted by atomic mass is 10.1. The Labute approximate surface area is 166 Å². The van der Waals surface area contributed by atoms with Gasteiger partial charge in [0.05, 0.1) is 5.69 Å². The number of ether oxygens (including phenoxy) is 1. The second-order valence-corrected chi connectivity index (χ2v) is 7.39. The lowest BCUT2D eigenvalue weighted by Crippen LogP contribution is -2.44. The maximum Gasteiger partial charge on any atom is 0.267 e. The maximum atomic E-state index is 12.6. The number of hydrogen-bond donors (Lipinski definition) is 1. The molecule has 0 saturated carbocycles. The highest BCUT2D eigenvalue weighted by molar-refractivity contribution is 6.05. The number of nitrogens with one attached hydrogen (secondary N) is 1. The molecule has 0 radical (unpaired) electrons. The van der Waals surface area contributed by atoms with Crippen molar-refractivity contribution in [2.75, 3.05) is 16.8 Å². The zero-order chi connectivity index (χ0) is 20.3. The number of unbranched alkanes of at least 4 members (excludes halogenated alkanes) is 2. The molecule has 0 fully saturated rings. The van der Waals surface area contributed by atoms with Crippen LogP contribution in [0.25, 0.3) is 0 Å². The number of benzene rings is 2. The van der Waals surface area contributed by atoms with E-state index in [4.69, 9.17) is 4.74 Å². The van der Waals surface area contributed by atoms with Crippen molar-refractivity contribution in [3.05, 3.63) is 53.1 Å². The average molecular weight is 380 g/mol. The third kappa shape index (κ3) is 4.19. The zero-order valence-corrected chi connectivity index (χ0v) is 17.0. The molecular formula is C23H28N2O3. The monoisotopic (exact) mass is 380 g/mol. The Kier molecular flexibility index (Phi) is 6.02. The van der Waals surface area contributed by atoms with E-state index in [2.05, 4.69) is 12.2 Å². The van der Waals surface area contributed by atoms with E-state index in [1.807, 2.05) is 50.2 Å². The lowest BCUT2D eigenvalue weighted by molar-refractivity contribution is -0.125. The number of anilines is 2. The molecule has 0 aliphatic carbocycles. The van der Waals surface area contributed by atoms with Crippen LogP contribution in [0.3, 0.4) is 0 Å². The summed E-state index contributed by atoms with van der Waals surface area (Å²) in [5, 5.41) is 2.94. The molecule has 5 heteroatoms. The van der Waals surface area contributed by atoms with Gasteiger partial charge in [-0.1, -0.05) is 25.8 Å². The molecule has 28 heavy (non-hydrogen) atoms. The number of carbonyl (C=O) groups is 2. The predicted molar refractivity (Wildman–Crippen MR) is 112 cm³/mol. The van der Waals surface area contributed by atoms with Gasteiger partial charge < -0.3 is 15.0 Å². The molecule has 2 aromatic carbocycles. The number of rotatable bonds is 6. The summed E-state index contributed by atoms with van der Waals surface area (Å²) in [5.41, 5.74) is 4.21. The molecule has 148 valence electrons. The van der Waals surface area contributed by atoms with Crippen LogP contribution in [0.5, 0.6) is 5.75 Å². The van der Waals surface area contributed by atoms with Crippen LogP contribution in [0.1, 0.15) is 54.6 Å². The van der Waals surface area contributed by atoms with Crippen LogP contribution in [-0.4, -0.2) is 24.5 Å². The van der Waals surface area contributed by atoms with Gasteiger partial charge in [-0.25, -0.2) is 0 Å². The molecule has 3 rings (SSSR count). The van der Waals surface area contributed by atoms with Gasteiger partial charge in [-0.2, -0.15) is 0 Å². The van der Waals surface area contributed by atoms with Crippen LogP contribution < -0.4 is 15.0 Å². The topological polar surface area (TPSA) is 58.6 Å². The highest BCUT2D eigenvalue weighted by atomic mass is 16.5. The van der Waals surface area contributed by atoms with Crippen LogP contribution in [0, 0.1) is 13.8 Å². The number of amides is 2. The summed E-state index contributed by atoms with van der Waals surface area (Å²) in [6, 6.07) is 11.1. The first-order valence-electron chi connectivity index (χ1n) is 9.91. The Hall–Kier alpha value is -2.82. The summed E-state index contributed by atoms with van der Waals surface area (Å²) in [4.78, 5) is 27.0. The van der Waals surface area contributed by atoms with Crippen molar-refractivity contribution in [2.45, 2.75) is 53.1 Å². The number of hydrogen-bond acceptors (Lipinski definition) is 3. The summed E-state index contributed by atoms with van der Waals surface area (Å²) in [7, 11) is 0. The number of nitrogens with zero attached hydrogens (tertiary/aromatic N) is 1. The molecule has 1 N–H and O–H groups in total. The van der Waals surface area contributed by atoms with E-state index in [9.17, 15) is 9.59 Å². The van der Waals surface area contributed by atoms with Gasteiger partial charge in [-0.3, -0.25) is 9.59 Å². The van der Waals surface area contributed by atoms with Gasteiger partial charge in [0, 0.05) is 17.8 Å². The molecule has 5 nitrogen and oxygen atoms in total. The third-order valence-electron chi connectivity index (χ3n) is 5.18. The number of aryl methyl sites for hydroxylation is 2. The van der Waals surface area contributed by atoms with E-state index in [1.54, 1.807) is 11.8 Å². The molecule has 0 saturated heterocycles. The van der Waals surface area contributed by atoms with Gasteiger partial charge >= 0.3 is 0 Å². The standard InChI is InChI=1S/C23H28N2O3/c1-5-6-7-12-25-20-14-19(10-11-21(20)28-17(4)23(25)27)24-22(26)18-9-8-15(2)16(3)13-18/h8-11,13-14,17H,5-7,12H2,1-4H3,(H,24,26). The van der Waals surface area contributed by atoms with Crippen molar-refractivity contribution >= 4 is 23.2 Å². The van der Waals surface area contributed by atoms with Crippen molar-refractivity contribution < 1.29 is 14.3 Å². The largest absolute Gasteiger partial charge is 0.479 e. The first-order valence-corrected chi connectivity index (χ1v) is 9.91.